The van der Waals surface area contributed by atoms with Crippen LogP contribution in [0.5, 0.6) is 0 Å². The summed E-state index contributed by atoms with van der Waals surface area (Å²) in [4.78, 5) is 34.0. The maximum atomic E-state index is 13.8. The lowest BCUT2D eigenvalue weighted by Crippen LogP contribution is -2.56. The lowest BCUT2D eigenvalue weighted by Gasteiger charge is -2.41. The van der Waals surface area contributed by atoms with Crippen LogP contribution in [0, 0.1) is 17.3 Å². The smallest absolute Gasteiger partial charge is 0.242 e. The van der Waals surface area contributed by atoms with Gasteiger partial charge in [0.05, 0.1) is 24.6 Å². The first kappa shape index (κ1) is 28.1. The fourth-order valence-electron chi connectivity index (χ4n) is 5.38. The highest BCUT2D eigenvalue weighted by Crippen LogP contribution is 2.38. The maximum absolute atomic E-state index is 13.8. The highest BCUT2D eigenvalue weighted by atomic mass is 32.1. The number of nitrogens with zero attached hydrogens (tertiary/aromatic N) is 2. The topological polar surface area (TPSA) is 83.6 Å². The Bertz CT molecular complexity index is 775. The Morgan fingerprint density at radius 2 is 1.80 bits per heavy atom. The van der Waals surface area contributed by atoms with Gasteiger partial charge in [-0.1, -0.05) is 40.5 Å². The molecule has 1 spiro atoms. The van der Waals surface area contributed by atoms with Crippen LogP contribution in [0.4, 0.5) is 0 Å². The molecule has 2 atom stereocenters. The average molecular weight is 507 g/mol. The summed E-state index contributed by atoms with van der Waals surface area (Å²) in [7, 11) is 0. The van der Waals surface area contributed by atoms with Crippen molar-refractivity contribution in [2.45, 2.75) is 97.7 Å². The number of rotatable bonds is 6. The van der Waals surface area contributed by atoms with Gasteiger partial charge in [-0.05, 0) is 63.5 Å². The van der Waals surface area contributed by atoms with Gasteiger partial charge >= 0.3 is 0 Å². The van der Waals surface area contributed by atoms with E-state index >= 15 is 0 Å². The van der Waals surface area contributed by atoms with Crippen molar-refractivity contribution in [3.05, 3.63) is 16.6 Å². The molecule has 1 aromatic rings. The first-order valence-corrected chi connectivity index (χ1v) is 14.4. The van der Waals surface area contributed by atoms with Crippen molar-refractivity contribution in [1.82, 2.24) is 20.5 Å². The molecule has 35 heavy (non-hydrogen) atoms. The monoisotopic (exact) mass is 506 g/mol. The number of hydrogen-bond acceptors (Lipinski definition) is 6. The minimum absolute atomic E-state index is 0.0277. The number of likely N-dealkylation sites (tertiary alicyclic amines) is 1. The van der Waals surface area contributed by atoms with E-state index in [9.17, 15) is 9.59 Å². The van der Waals surface area contributed by atoms with Gasteiger partial charge in [0, 0.05) is 18.2 Å². The summed E-state index contributed by atoms with van der Waals surface area (Å²) in [5.41, 5.74) is -0.406. The maximum Gasteiger partial charge on any atom is 0.242 e. The first-order chi connectivity index (χ1) is 16.8. The van der Waals surface area contributed by atoms with Gasteiger partial charge in [0.2, 0.25) is 11.8 Å². The van der Waals surface area contributed by atoms with E-state index in [1.165, 1.54) is 0 Å². The first-order valence-electron chi connectivity index (χ1n) is 13.6. The zero-order valence-electron chi connectivity index (χ0n) is 22.2. The van der Waals surface area contributed by atoms with Crippen LogP contribution in [-0.2, 0) is 20.9 Å². The Hall–Kier alpha value is -1.51. The highest BCUT2D eigenvalue weighted by Gasteiger charge is 2.42. The normalized spacial score (nSPS) is 25.4. The summed E-state index contributed by atoms with van der Waals surface area (Å²) in [6.07, 6.45) is 8.95. The van der Waals surface area contributed by atoms with Gasteiger partial charge in [-0.15, -0.1) is 11.3 Å². The molecule has 3 heterocycles. The van der Waals surface area contributed by atoms with Gasteiger partial charge in [0.15, 0.2) is 0 Å². The second kappa shape index (κ2) is 13.7. The molecule has 2 aliphatic heterocycles. The van der Waals surface area contributed by atoms with Crippen LogP contribution in [0.1, 0.15) is 84.1 Å². The van der Waals surface area contributed by atoms with Crippen LogP contribution in [0.15, 0.2) is 11.6 Å². The molecule has 7 nitrogen and oxygen atoms in total. The SMILES string of the molecule is CC(C)C[C@H]1COCCCCCC2(CCN(Cc3nccs3)CC2)C(=O)N[C@@H](CC(C)C)C(=O)N1. The zero-order valence-corrected chi connectivity index (χ0v) is 23.0. The van der Waals surface area contributed by atoms with Crippen molar-refractivity contribution >= 4 is 23.2 Å². The average Bonchev–Trinajstić information content (AvgIpc) is 3.31. The molecule has 1 aromatic heterocycles. The minimum Gasteiger partial charge on any atom is -0.379 e. The summed E-state index contributed by atoms with van der Waals surface area (Å²) >= 11 is 1.68. The van der Waals surface area contributed by atoms with E-state index in [0.717, 1.165) is 69.6 Å². The molecule has 0 radical (unpaired) electrons. The van der Waals surface area contributed by atoms with Crippen LogP contribution in [0.25, 0.3) is 0 Å². The summed E-state index contributed by atoms with van der Waals surface area (Å²) in [6.45, 7) is 12.4. The van der Waals surface area contributed by atoms with Crippen molar-refractivity contribution in [3.8, 4) is 0 Å². The fourth-order valence-corrected chi connectivity index (χ4v) is 6.03. The van der Waals surface area contributed by atoms with Gasteiger partial charge in [0.25, 0.3) is 0 Å². The minimum atomic E-state index is -0.509. The van der Waals surface area contributed by atoms with E-state index in [2.05, 4.69) is 48.2 Å². The van der Waals surface area contributed by atoms with Gasteiger partial charge in [-0.25, -0.2) is 4.98 Å². The van der Waals surface area contributed by atoms with Crippen LogP contribution in [0.2, 0.25) is 0 Å². The zero-order chi connectivity index (χ0) is 25.3. The molecule has 8 heteroatoms. The van der Waals surface area contributed by atoms with Crippen molar-refractivity contribution < 1.29 is 14.3 Å². The third-order valence-corrected chi connectivity index (χ3v) is 8.10. The largest absolute Gasteiger partial charge is 0.379 e. The quantitative estimate of drug-likeness (QED) is 0.598. The third-order valence-electron chi connectivity index (χ3n) is 7.33. The predicted octanol–water partition coefficient (Wildman–Crippen LogP) is 4.38. The molecule has 0 aliphatic carbocycles. The number of hydrogen-bond donors (Lipinski definition) is 2. The summed E-state index contributed by atoms with van der Waals surface area (Å²) in [5.74, 6) is 0.759. The van der Waals surface area contributed by atoms with Crippen LogP contribution >= 0.6 is 11.3 Å². The number of carbonyl (C=O) groups excluding carboxylic acids is 2. The Morgan fingerprint density at radius 1 is 1.06 bits per heavy atom. The van der Waals surface area contributed by atoms with Gasteiger partial charge in [-0.3, -0.25) is 14.5 Å². The number of piperidine rings is 1. The standard InChI is InChI=1S/C27H46N4O3S/c1-20(2)16-22-19-34-14-7-5-6-8-27(26(33)30-23(17-21(3)4)25(32)29-22)9-12-31(13-10-27)18-24-28-11-15-35-24/h11,15,20-23H,5-10,12-14,16-19H2,1-4H3,(H,29,32)(H,30,33)/t22-,23-/m0/s1. The van der Waals surface area contributed by atoms with Crippen molar-refractivity contribution in [2.24, 2.45) is 17.3 Å². The highest BCUT2D eigenvalue weighted by molar-refractivity contribution is 7.09. The van der Waals surface area contributed by atoms with E-state index in [4.69, 9.17) is 4.74 Å². The van der Waals surface area contributed by atoms with E-state index in [-0.39, 0.29) is 17.9 Å². The molecular formula is C27H46N4O3S. The molecule has 2 aliphatic rings. The molecule has 0 unspecified atom stereocenters. The third kappa shape index (κ3) is 8.83. The number of thiazole rings is 1. The van der Waals surface area contributed by atoms with E-state index in [1.807, 2.05) is 11.6 Å². The fraction of sp³-hybridized carbons (Fsp3) is 0.815. The summed E-state index contributed by atoms with van der Waals surface area (Å²) in [5, 5.41) is 9.58. The number of carbonyl (C=O) groups is 2. The summed E-state index contributed by atoms with van der Waals surface area (Å²) < 4.78 is 5.97. The van der Waals surface area contributed by atoms with Crippen LogP contribution in [-0.4, -0.2) is 60.1 Å². The lowest BCUT2D eigenvalue weighted by molar-refractivity contribution is -0.139. The number of ether oxygens (including phenoxy) is 1. The molecule has 2 N–H and O–H groups in total. The summed E-state index contributed by atoms with van der Waals surface area (Å²) in [6, 6.07) is -0.537. The Labute approximate surface area is 215 Å². The predicted molar refractivity (Wildman–Crippen MR) is 141 cm³/mol. The van der Waals surface area contributed by atoms with E-state index in [0.29, 0.717) is 31.5 Å². The number of nitrogens with one attached hydrogen (secondary N) is 2. The van der Waals surface area contributed by atoms with Crippen molar-refractivity contribution in [2.75, 3.05) is 26.3 Å². The molecule has 0 bridgehead atoms. The van der Waals surface area contributed by atoms with Gasteiger partial charge in [-0.2, -0.15) is 0 Å². The number of aromatic nitrogens is 1. The lowest BCUT2D eigenvalue weighted by atomic mass is 9.73. The Morgan fingerprint density at radius 3 is 2.46 bits per heavy atom. The van der Waals surface area contributed by atoms with Crippen LogP contribution in [0.3, 0.4) is 0 Å². The van der Waals surface area contributed by atoms with Crippen molar-refractivity contribution in [3.63, 3.8) is 0 Å². The van der Waals surface area contributed by atoms with Gasteiger partial charge in [0.1, 0.15) is 11.0 Å². The molecule has 2 amide bonds. The Balaban J connectivity index is 1.73. The second-order valence-corrected chi connectivity index (χ2v) is 12.3. The van der Waals surface area contributed by atoms with E-state index < -0.39 is 11.5 Å². The molecular weight excluding hydrogens is 460 g/mol. The molecule has 2 fully saturated rings. The number of amides is 2. The molecule has 198 valence electrons. The van der Waals surface area contributed by atoms with E-state index in [1.54, 1.807) is 11.3 Å². The molecule has 2 saturated heterocycles. The molecule has 3 rings (SSSR count). The molecule has 0 aromatic carbocycles. The second-order valence-electron chi connectivity index (χ2n) is 11.4. The molecule has 0 saturated carbocycles. The van der Waals surface area contributed by atoms with Crippen molar-refractivity contribution in [1.29, 1.82) is 0 Å². The Kier molecular flexibility index (Phi) is 11.0. The van der Waals surface area contributed by atoms with Gasteiger partial charge < -0.3 is 15.4 Å². The van der Waals surface area contributed by atoms with Crippen LogP contribution < -0.4 is 10.6 Å².